The normalized spacial score (nSPS) is 19.7. The van der Waals surface area contributed by atoms with Crippen molar-refractivity contribution in [3.8, 4) is 0 Å². The smallest absolute Gasteiger partial charge is 0.260 e. The third-order valence-corrected chi connectivity index (χ3v) is 2.64. The molecule has 2 N–H and O–H groups in total. The highest BCUT2D eigenvalue weighted by Gasteiger charge is 2.06. The first-order valence-electron chi connectivity index (χ1n) is 5.63. The van der Waals surface area contributed by atoms with Gasteiger partial charge >= 0.3 is 5.69 Å². The van der Waals surface area contributed by atoms with Crippen LogP contribution in [-0.4, -0.2) is 21.4 Å². The van der Waals surface area contributed by atoms with E-state index in [1.807, 2.05) is 6.21 Å². The highest BCUT2D eigenvalue weighted by molar-refractivity contribution is 5.62. The second kappa shape index (κ2) is 5.38. The van der Waals surface area contributed by atoms with Crippen molar-refractivity contribution in [3.05, 3.63) is 28.3 Å². The predicted molar refractivity (Wildman–Crippen MR) is 66.0 cm³/mol. The van der Waals surface area contributed by atoms with Gasteiger partial charge in [0.15, 0.2) is 5.82 Å². The van der Waals surface area contributed by atoms with Gasteiger partial charge in [0, 0.05) is 6.21 Å². The van der Waals surface area contributed by atoms with Gasteiger partial charge in [0.1, 0.15) is 5.69 Å². The Balaban J connectivity index is 1.97. The Hall–Kier alpha value is -1.98. The van der Waals surface area contributed by atoms with Crippen LogP contribution < -0.4 is 11.1 Å². The van der Waals surface area contributed by atoms with E-state index in [4.69, 9.17) is 0 Å². The lowest BCUT2D eigenvalue weighted by atomic mass is 9.96. The van der Waals surface area contributed by atoms with Gasteiger partial charge in [-0.05, 0) is 32.1 Å². The van der Waals surface area contributed by atoms with Gasteiger partial charge in [-0.25, -0.2) is 9.89 Å². The Kier molecular flexibility index (Phi) is 3.64. The number of anilines is 1. The molecular weight excluding hydrogens is 218 g/mol. The van der Waals surface area contributed by atoms with Crippen LogP contribution in [0.2, 0.25) is 0 Å². The number of aromatic nitrogens is 3. The molecule has 1 aromatic heterocycles. The van der Waals surface area contributed by atoms with Gasteiger partial charge in [0.05, 0.1) is 0 Å². The fraction of sp³-hybridized carbons (Fsp3) is 0.455. The molecule has 0 saturated heterocycles. The summed E-state index contributed by atoms with van der Waals surface area (Å²) in [5, 5.41) is 10.2. The summed E-state index contributed by atoms with van der Waals surface area (Å²) in [6, 6.07) is 0. The van der Waals surface area contributed by atoms with Crippen LogP contribution in [-0.2, 0) is 0 Å². The van der Waals surface area contributed by atoms with Crippen LogP contribution in [0.3, 0.4) is 0 Å². The number of aromatic amines is 1. The van der Waals surface area contributed by atoms with Crippen molar-refractivity contribution in [2.24, 2.45) is 11.0 Å². The Morgan fingerprint density at radius 1 is 1.59 bits per heavy atom. The minimum atomic E-state index is -0.478. The molecular formula is C11H15N5O. The maximum Gasteiger partial charge on any atom is 0.363 e. The largest absolute Gasteiger partial charge is 0.363 e. The summed E-state index contributed by atoms with van der Waals surface area (Å²) in [7, 11) is 0. The highest BCUT2D eigenvalue weighted by atomic mass is 16.1. The van der Waals surface area contributed by atoms with Gasteiger partial charge in [0.25, 0.3) is 0 Å². The standard InChI is InChI=1S/C11H15N5O/c1-8-10(13-11(17)16-14-8)15-12-7-9-5-3-2-4-6-9/h2-3,7,9H,4-6H2,1H3,(H2,13,15,16,17)/b12-7-/t9-/m0/s1. The Morgan fingerprint density at radius 3 is 3.24 bits per heavy atom. The van der Waals surface area contributed by atoms with E-state index in [0.29, 0.717) is 17.4 Å². The Morgan fingerprint density at radius 2 is 2.47 bits per heavy atom. The number of rotatable bonds is 3. The van der Waals surface area contributed by atoms with Gasteiger partial charge in [-0.3, -0.25) is 5.43 Å². The minimum Gasteiger partial charge on any atom is -0.260 e. The summed E-state index contributed by atoms with van der Waals surface area (Å²) >= 11 is 0. The molecule has 1 heterocycles. The lowest BCUT2D eigenvalue weighted by Crippen LogP contribution is -2.16. The van der Waals surface area contributed by atoms with E-state index in [1.54, 1.807) is 6.92 Å². The van der Waals surface area contributed by atoms with Crippen LogP contribution in [0.1, 0.15) is 25.0 Å². The summed E-state index contributed by atoms with van der Waals surface area (Å²) < 4.78 is 0. The maximum atomic E-state index is 11.0. The summed E-state index contributed by atoms with van der Waals surface area (Å²) in [5.41, 5.74) is 2.89. The van der Waals surface area contributed by atoms with E-state index in [-0.39, 0.29) is 0 Å². The van der Waals surface area contributed by atoms with Crippen molar-refractivity contribution >= 4 is 12.0 Å². The van der Waals surface area contributed by atoms with Crippen molar-refractivity contribution in [2.45, 2.75) is 26.2 Å². The van der Waals surface area contributed by atoms with Crippen molar-refractivity contribution in [1.29, 1.82) is 0 Å². The first kappa shape index (κ1) is 11.5. The van der Waals surface area contributed by atoms with E-state index in [9.17, 15) is 4.79 Å². The Bertz CT molecular complexity index is 491. The lowest BCUT2D eigenvalue weighted by molar-refractivity contribution is 0.627. The summed E-state index contributed by atoms with van der Waals surface area (Å²) in [4.78, 5) is 14.7. The van der Waals surface area contributed by atoms with Crippen molar-refractivity contribution in [3.63, 3.8) is 0 Å². The van der Waals surface area contributed by atoms with Crippen LogP contribution >= 0.6 is 0 Å². The first-order chi connectivity index (χ1) is 8.25. The average Bonchev–Trinajstić information content (AvgIpc) is 2.35. The molecule has 1 aromatic rings. The number of H-pyrrole nitrogens is 1. The van der Waals surface area contributed by atoms with E-state index in [1.165, 1.54) is 0 Å². The molecule has 90 valence electrons. The molecule has 1 aliphatic carbocycles. The number of allylic oxidation sites excluding steroid dienone is 2. The number of hydrogen-bond acceptors (Lipinski definition) is 5. The van der Waals surface area contributed by atoms with Gasteiger partial charge in [-0.2, -0.15) is 15.2 Å². The number of hydrazone groups is 1. The summed E-state index contributed by atoms with van der Waals surface area (Å²) in [5.74, 6) is 0.860. The molecule has 0 saturated carbocycles. The van der Waals surface area contributed by atoms with Crippen LogP contribution in [0.5, 0.6) is 0 Å². The second-order valence-corrected chi connectivity index (χ2v) is 4.01. The molecule has 0 aliphatic heterocycles. The third-order valence-electron chi connectivity index (χ3n) is 2.64. The molecule has 6 nitrogen and oxygen atoms in total. The van der Waals surface area contributed by atoms with Gasteiger partial charge in [-0.1, -0.05) is 12.2 Å². The quantitative estimate of drug-likeness (QED) is 0.467. The zero-order chi connectivity index (χ0) is 12.1. The Labute approximate surface area is 98.9 Å². The van der Waals surface area contributed by atoms with Gasteiger partial charge in [0.2, 0.25) is 0 Å². The van der Waals surface area contributed by atoms with Gasteiger partial charge in [-0.15, -0.1) is 0 Å². The maximum absolute atomic E-state index is 11.0. The van der Waals surface area contributed by atoms with Crippen LogP contribution in [0.15, 0.2) is 22.0 Å². The zero-order valence-corrected chi connectivity index (χ0v) is 9.68. The molecule has 0 spiro atoms. The monoisotopic (exact) mass is 233 g/mol. The molecule has 1 aliphatic rings. The first-order valence-corrected chi connectivity index (χ1v) is 5.63. The fourth-order valence-electron chi connectivity index (χ4n) is 1.65. The number of hydrogen-bond donors (Lipinski definition) is 2. The van der Waals surface area contributed by atoms with E-state index >= 15 is 0 Å². The molecule has 0 fully saturated rings. The number of nitrogens with one attached hydrogen (secondary N) is 2. The minimum absolute atomic E-state index is 0.399. The molecule has 0 unspecified atom stereocenters. The van der Waals surface area contributed by atoms with E-state index in [2.05, 4.69) is 37.9 Å². The third kappa shape index (κ3) is 3.24. The number of nitrogens with zero attached hydrogens (tertiary/aromatic N) is 3. The second-order valence-electron chi connectivity index (χ2n) is 4.01. The average molecular weight is 233 g/mol. The number of aryl methyl sites for hydroxylation is 1. The van der Waals surface area contributed by atoms with Crippen LogP contribution in [0.4, 0.5) is 5.82 Å². The molecule has 2 rings (SSSR count). The van der Waals surface area contributed by atoms with E-state index in [0.717, 1.165) is 19.3 Å². The van der Waals surface area contributed by atoms with Crippen molar-refractivity contribution < 1.29 is 0 Å². The molecule has 0 amide bonds. The lowest BCUT2D eigenvalue weighted by Gasteiger charge is -2.11. The fourth-order valence-corrected chi connectivity index (χ4v) is 1.65. The topological polar surface area (TPSA) is 83.0 Å². The van der Waals surface area contributed by atoms with Gasteiger partial charge < -0.3 is 0 Å². The zero-order valence-electron chi connectivity index (χ0n) is 9.68. The van der Waals surface area contributed by atoms with Crippen LogP contribution in [0.25, 0.3) is 0 Å². The molecule has 6 heteroatoms. The van der Waals surface area contributed by atoms with Crippen LogP contribution in [0, 0.1) is 12.8 Å². The predicted octanol–water partition coefficient (Wildman–Crippen LogP) is 1.23. The molecule has 0 bridgehead atoms. The summed E-state index contributed by atoms with van der Waals surface area (Å²) in [6.07, 6.45) is 9.45. The van der Waals surface area contributed by atoms with E-state index < -0.39 is 5.69 Å². The van der Waals surface area contributed by atoms with Crippen molar-refractivity contribution in [2.75, 3.05) is 5.43 Å². The molecule has 1 atom stereocenters. The summed E-state index contributed by atoms with van der Waals surface area (Å²) in [6.45, 7) is 1.75. The highest BCUT2D eigenvalue weighted by Crippen LogP contribution is 2.15. The molecule has 17 heavy (non-hydrogen) atoms. The molecule has 0 radical (unpaired) electrons. The molecule has 0 aromatic carbocycles. The SMILES string of the molecule is Cc1n[nH]c(=O)nc1N/N=C\[C@H]1CC=CCC1. The van der Waals surface area contributed by atoms with Crippen molar-refractivity contribution in [1.82, 2.24) is 15.2 Å².